The average molecular weight is 505 g/mol. The van der Waals surface area contributed by atoms with Crippen LogP contribution in [0.1, 0.15) is 36.2 Å². The molecule has 0 radical (unpaired) electrons. The highest BCUT2D eigenvalue weighted by Crippen LogP contribution is 2.40. The van der Waals surface area contributed by atoms with Gasteiger partial charge in [-0.2, -0.15) is 13.2 Å². The van der Waals surface area contributed by atoms with Crippen LogP contribution in [0.25, 0.3) is 10.9 Å². The molecule has 1 aliphatic rings. The molecule has 1 fully saturated rings. The molecule has 0 unspecified atom stereocenters. The second kappa shape index (κ2) is 9.72. The van der Waals surface area contributed by atoms with Gasteiger partial charge in [0.05, 0.1) is 12.1 Å². The molecule has 7 nitrogen and oxygen atoms in total. The lowest BCUT2D eigenvalue weighted by Crippen LogP contribution is -2.43. The maximum Gasteiger partial charge on any atom is 0.408 e. The molecule has 0 spiro atoms. The lowest BCUT2D eigenvalue weighted by molar-refractivity contribution is -0.184. The van der Waals surface area contributed by atoms with Crippen LogP contribution in [0.15, 0.2) is 42.6 Å². The van der Waals surface area contributed by atoms with Crippen LogP contribution in [0.5, 0.6) is 0 Å². The molecule has 4 N–H and O–H groups in total. The summed E-state index contributed by atoms with van der Waals surface area (Å²) in [5.74, 6) is -0.661. The standard InChI is InChI=1S/C25H28F4N6O/c1-24(32)8-9-34(14-24)22(25(27,28)29)17-4-6-21(30)35(13-17)23(31)19-5-3-16-11-18(26)15(7-10-36-2)12-20(16)33-19/h3-6,11-13,22,30-31H,7-10,14,32H2,1-2H3/t22-,24-/m0/s1. The summed E-state index contributed by atoms with van der Waals surface area (Å²) < 4.78 is 62.9. The molecule has 4 rings (SSSR count). The lowest BCUT2D eigenvalue weighted by Gasteiger charge is -2.31. The highest BCUT2D eigenvalue weighted by molar-refractivity contribution is 5.98. The molecule has 0 aliphatic carbocycles. The normalized spacial score (nSPS) is 19.6. The van der Waals surface area contributed by atoms with Gasteiger partial charge in [0, 0.05) is 37.3 Å². The van der Waals surface area contributed by atoms with E-state index in [2.05, 4.69) is 4.98 Å². The Morgan fingerprint density at radius 3 is 2.64 bits per heavy atom. The van der Waals surface area contributed by atoms with Crippen LogP contribution in [-0.4, -0.2) is 58.8 Å². The van der Waals surface area contributed by atoms with Gasteiger partial charge in [-0.3, -0.25) is 20.3 Å². The van der Waals surface area contributed by atoms with Crippen LogP contribution in [0, 0.1) is 16.6 Å². The van der Waals surface area contributed by atoms with Crippen molar-refractivity contribution in [1.82, 2.24) is 14.5 Å². The zero-order chi connectivity index (χ0) is 26.3. The summed E-state index contributed by atoms with van der Waals surface area (Å²) in [6.45, 7) is 2.31. The van der Waals surface area contributed by atoms with Crippen molar-refractivity contribution in [3.8, 4) is 0 Å². The number of nitrogens with one attached hydrogen (secondary N) is 2. The van der Waals surface area contributed by atoms with Gasteiger partial charge in [-0.15, -0.1) is 0 Å². The van der Waals surface area contributed by atoms with Crippen molar-refractivity contribution in [3.05, 3.63) is 70.7 Å². The maximum absolute atomic E-state index is 14.4. The van der Waals surface area contributed by atoms with Crippen molar-refractivity contribution in [2.45, 2.75) is 37.5 Å². The van der Waals surface area contributed by atoms with Gasteiger partial charge in [0.15, 0.2) is 5.84 Å². The lowest BCUT2D eigenvalue weighted by atomic mass is 10.0. The first-order chi connectivity index (χ1) is 16.9. The molecule has 1 saturated heterocycles. The Morgan fingerprint density at radius 1 is 1.25 bits per heavy atom. The van der Waals surface area contributed by atoms with E-state index in [-0.39, 0.29) is 35.7 Å². The van der Waals surface area contributed by atoms with Gasteiger partial charge in [0.2, 0.25) is 0 Å². The Bertz CT molecular complexity index is 1350. The third-order valence-corrected chi connectivity index (χ3v) is 6.41. The first-order valence-corrected chi connectivity index (χ1v) is 11.4. The Labute approximate surface area is 205 Å². The van der Waals surface area contributed by atoms with Crippen LogP contribution in [0.2, 0.25) is 0 Å². The van der Waals surface area contributed by atoms with Gasteiger partial charge in [-0.25, -0.2) is 9.37 Å². The molecule has 0 saturated carbocycles. The van der Waals surface area contributed by atoms with E-state index < -0.39 is 23.6 Å². The van der Waals surface area contributed by atoms with Crippen molar-refractivity contribution in [2.24, 2.45) is 5.73 Å². The maximum atomic E-state index is 14.4. The summed E-state index contributed by atoms with van der Waals surface area (Å²) in [4.78, 5) is 5.73. The Hall–Kier alpha value is -3.15. The van der Waals surface area contributed by atoms with Gasteiger partial charge in [-0.1, -0.05) is 12.1 Å². The van der Waals surface area contributed by atoms with Crippen LogP contribution in [0.3, 0.4) is 0 Å². The summed E-state index contributed by atoms with van der Waals surface area (Å²) in [7, 11) is 1.52. The topological polar surface area (TPSA) is 104 Å². The number of pyridine rings is 2. The number of hydrogen-bond donors (Lipinski definition) is 3. The number of fused-ring (bicyclic) bond motifs is 1. The van der Waals surface area contributed by atoms with Crippen molar-refractivity contribution in [1.29, 1.82) is 10.8 Å². The van der Waals surface area contributed by atoms with Gasteiger partial charge in [0.1, 0.15) is 23.0 Å². The van der Waals surface area contributed by atoms with E-state index in [9.17, 15) is 17.6 Å². The van der Waals surface area contributed by atoms with Gasteiger partial charge >= 0.3 is 6.18 Å². The second-order valence-corrected chi connectivity index (χ2v) is 9.46. The smallest absolute Gasteiger partial charge is 0.384 e. The summed E-state index contributed by atoms with van der Waals surface area (Å²) in [5, 5.41) is 17.4. The number of benzene rings is 1. The van der Waals surface area contributed by atoms with Gasteiger partial charge in [0.25, 0.3) is 0 Å². The number of hydrogen-bond acceptors (Lipinski definition) is 6. The minimum atomic E-state index is -4.58. The molecule has 3 aromatic rings. The Kier molecular flexibility index (Phi) is 7.00. The third-order valence-electron chi connectivity index (χ3n) is 6.41. The quantitative estimate of drug-likeness (QED) is 0.270. The van der Waals surface area contributed by atoms with Crippen molar-refractivity contribution in [3.63, 3.8) is 0 Å². The van der Waals surface area contributed by atoms with Crippen LogP contribution < -0.4 is 11.2 Å². The van der Waals surface area contributed by atoms with E-state index in [0.29, 0.717) is 35.9 Å². The molecule has 2 atom stereocenters. The van der Waals surface area contributed by atoms with E-state index in [1.54, 1.807) is 19.1 Å². The zero-order valence-electron chi connectivity index (χ0n) is 20.0. The van der Waals surface area contributed by atoms with E-state index in [0.717, 1.165) is 10.8 Å². The average Bonchev–Trinajstić information content (AvgIpc) is 3.16. The molecule has 36 heavy (non-hydrogen) atoms. The monoisotopic (exact) mass is 504 g/mol. The van der Waals surface area contributed by atoms with Crippen LogP contribution >= 0.6 is 0 Å². The molecule has 2 aromatic heterocycles. The van der Waals surface area contributed by atoms with Gasteiger partial charge < -0.3 is 10.5 Å². The van der Waals surface area contributed by atoms with Crippen LogP contribution in [0.4, 0.5) is 17.6 Å². The largest absolute Gasteiger partial charge is 0.408 e. The van der Waals surface area contributed by atoms with Crippen LogP contribution in [-0.2, 0) is 11.2 Å². The number of likely N-dealkylation sites (tertiary alicyclic amines) is 1. The zero-order valence-corrected chi connectivity index (χ0v) is 20.0. The molecular weight excluding hydrogens is 476 g/mol. The number of ether oxygens (including phenoxy) is 1. The summed E-state index contributed by atoms with van der Waals surface area (Å²) in [6, 6.07) is 6.57. The minimum absolute atomic E-state index is 0.0748. The number of nitrogens with two attached hydrogens (primary N) is 1. The molecule has 1 aliphatic heterocycles. The summed E-state index contributed by atoms with van der Waals surface area (Å²) in [5.41, 5.74) is 6.07. The molecule has 1 aromatic carbocycles. The fraction of sp³-hybridized carbons (Fsp3) is 0.400. The molecule has 0 bridgehead atoms. The fourth-order valence-electron chi connectivity index (χ4n) is 4.56. The van der Waals surface area contributed by atoms with E-state index >= 15 is 0 Å². The van der Waals surface area contributed by atoms with Crippen molar-refractivity contribution in [2.75, 3.05) is 26.8 Å². The van der Waals surface area contributed by atoms with E-state index in [1.807, 2.05) is 0 Å². The number of aromatic nitrogens is 2. The third kappa shape index (κ3) is 5.32. The Morgan fingerprint density at radius 2 is 2.00 bits per heavy atom. The summed E-state index contributed by atoms with van der Waals surface area (Å²) in [6.07, 6.45) is -2.64. The number of rotatable bonds is 6. The first-order valence-electron chi connectivity index (χ1n) is 11.4. The minimum Gasteiger partial charge on any atom is -0.384 e. The van der Waals surface area contributed by atoms with Gasteiger partial charge in [-0.05, 0) is 55.2 Å². The first kappa shape index (κ1) is 25.9. The SMILES string of the molecule is COCCc1cc2nc(C(=N)n3cc([C@H](N4CC[C@](C)(N)C4)C(F)(F)F)ccc3=N)ccc2cc1F. The molecule has 192 valence electrons. The molecule has 11 heteroatoms. The van der Waals surface area contributed by atoms with Crippen molar-refractivity contribution >= 4 is 16.7 Å². The number of halogens is 4. The Balaban J connectivity index is 1.72. The highest BCUT2D eigenvalue weighted by Gasteiger charge is 2.48. The predicted octanol–water partition coefficient (Wildman–Crippen LogP) is 3.74. The predicted molar refractivity (Wildman–Crippen MR) is 127 cm³/mol. The van der Waals surface area contributed by atoms with E-state index in [1.165, 1.54) is 36.3 Å². The number of nitrogens with zero attached hydrogens (tertiary/aromatic N) is 3. The molecule has 0 amide bonds. The fourth-order valence-corrected chi connectivity index (χ4v) is 4.56. The molecule has 3 heterocycles. The second-order valence-electron chi connectivity index (χ2n) is 9.46. The number of alkyl halides is 3. The van der Waals surface area contributed by atoms with Crippen molar-refractivity contribution < 1.29 is 22.3 Å². The number of methoxy groups -OCH3 is 1. The summed E-state index contributed by atoms with van der Waals surface area (Å²) >= 11 is 0. The molecular formula is C25H28F4N6O. The van der Waals surface area contributed by atoms with E-state index in [4.69, 9.17) is 21.3 Å². The highest BCUT2D eigenvalue weighted by atomic mass is 19.4.